The van der Waals surface area contributed by atoms with Crippen LogP contribution in [0.15, 0.2) is 54.7 Å². The number of halogens is 3. The van der Waals surface area contributed by atoms with Crippen LogP contribution in [0.4, 0.5) is 19.0 Å². The molecule has 36 heavy (non-hydrogen) atoms. The Kier molecular flexibility index (Phi) is 7.61. The van der Waals surface area contributed by atoms with Crippen molar-refractivity contribution in [1.82, 2.24) is 9.97 Å². The number of hydrogen-bond donors (Lipinski definition) is 1. The summed E-state index contributed by atoms with van der Waals surface area (Å²) in [7, 11) is 0. The summed E-state index contributed by atoms with van der Waals surface area (Å²) in [5.74, 6) is 0.457. The summed E-state index contributed by atoms with van der Waals surface area (Å²) >= 11 is 0. The first-order valence-corrected chi connectivity index (χ1v) is 11.6. The van der Waals surface area contributed by atoms with E-state index in [1.54, 1.807) is 25.3 Å². The second-order valence-corrected chi connectivity index (χ2v) is 8.19. The van der Waals surface area contributed by atoms with Gasteiger partial charge in [0.25, 0.3) is 0 Å². The van der Waals surface area contributed by atoms with E-state index in [9.17, 15) is 18.0 Å². The fourth-order valence-corrected chi connectivity index (χ4v) is 3.87. The molecule has 1 N–H and O–H groups in total. The first kappa shape index (κ1) is 25.3. The van der Waals surface area contributed by atoms with E-state index >= 15 is 0 Å². The van der Waals surface area contributed by atoms with Gasteiger partial charge in [-0.25, -0.2) is 9.97 Å². The van der Waals surface area contributed by atoms with Gasteiger partial charge < -0.3 is 19.5 Å². The molecule has 7 nitrogen and oxygen atoms in total. The predicted molar refractivity (Wildman–Crippen MR) is 127 cm³/mol. The molecule has 1 unspecified atom stereocenters. The zero-order valence-electron chi connectivity index (χ0n) is 19.8. The quantitative estimate of drug-likeness (QED) is 0.356. The average Bonchev–Trinajstić information content (AvgIpc) is 3.64. The first-order chi connectivity index (χ1) is 17.3. The Bertz CT molecular complexity index is 1200. The maximum absolute atomic E-state index is 12.4. The van der Waals surface area contributed by atoms with Crippen molar-refractivity contribution in [1.29, 1.82) is 0 Å². The number of alkyl halides is 3. The van der Waals surface area contributed by atoms with Crippen LogP contribution in [-0.2, 0) is 16.1 Å². The maximum atomic E-state index is 12.4. The highest BCUT2D eigenvalue weighted by Crippen LogP contribution is 2.50. The first-order valence-electron chi connectivity index (χ1n) is 11.6. The van der Waals surface area contributed by atoms with Crippen molar-refractivity contribution in [2.45, 2.75) is 39.1 Å². The van der Waals surface area contributed by atoms with Crippen LogP contribution in [0.2, 0.25) is 0 Å². The lowest BCUT2D eigenvalue weighted by Gasteiger charge is -2.12. The Morgan fingerprint density at radius 1 is 1.11 bits per heavy atom. The van der Waals surface area contributed by atoms with Crippen molar-refractivity contribution >= 4 is 11.8 Å². The van der Waals surface area contributed by atoms with Gasteiger partial charge in [-0.15, -0.1) is 13.2 Å². The van der Waals surface area contributed by atoms with Crippen LogP contribution in [0, 0.1) is 5.92 Å². The molecule has 1 saturated carbocycles. The number of aromatic nitrogens is 2. The molecule has 1 aliphatic rings. The van der Waals surface area contributed by atoms with Crippen molar-refractivity contribution in [3.63, 3.8) is 0 Å². The van der Waals surface area contributed by atoms with Crippen molar-refractivity contribution in [2.75, 3.05) is 18.5 Å². The number of pyridine rings is 2. The molecule has 3 aromatic rings. The molecule has 2 atom stereocenters. The number of esters is 1. The number of carbonyl (C=O) groups is 1. The Morgan fingerprint density at radius 3 is 2.64 bits per heavy atom. The summed E-state index contributed by atoms with van der Waals surface area (Å²) in [5, 5.41) is 3.09. The van der Waals surface area contributed by atoms with Crippen LogP contribution in [0.1, 0.15) is 37.4 Å². The summed E-state index contributed by atoms with van der Waals surface area (Å²) in [4.78, 5) is 21.3. The van der Waals surface area contributed by atoms with Gasteiger partial charge in [0.15, 0.2) is 0 Å². The van der Waals surface area contributed by atoms with E-state index in [1.807, 2.05) is 25.1 Å². The third-order valence-electron chi connectivity index (χ3n) is 5.58. The third kappa shape index (κ3) is 6.44. The van der Waals surface area contributed by atoms with E-state index in [1.165, 1.54) is 18.2 Å². The molecule has 190 valence electrons. The average molecular weight is 502 g/mol. The molecule has 0 spiro atoms. The van der Waals surface area contributed by atoms with Crippen molar-refractivity contribution in [3.8, 4) is 22.8 Å². The van der Waals surface area contributed by atoms with E-state index in [0.29, 0.717) is 42.5 Å². The zero-order valence-corrected chi connectivity index (χ0v) is 19.8. The number of carbonyl (C=O) groups excluding carboxylic acids is 1. The van der Waals surface area contributed by atoms with Gasteiger partial charge in [-0.1, -0.05) is 12.1 Å². The molecule has 2 aromatic heterocycles. The van der Waals surface area contributed by atoms with E-state index in [0.717, 1.165) is 11.3 Å². The molecule has 4 rings (SSSR count). The number of nitrogens with one attached hydrogen (secondary N) is 1. The Hall–Kier alpha value is -3.82. The monoisotopic (exact) mass is 501 g/mol. The summed E-state index contributed by atoms with van der Waals surface area (Å²) in [6.45, 7) is 4.77. The SMILES string of the molecule is CCOC(=O)[C@@H]1CC1c1nc(-c2ccc(NCc3cccc(OC(F)(F)F)c3)nc2)ccc1OCC. The Labute approximate surface area is 206 Å². The number of ether oxygens (including phenoxy) is 3. The van der Waals surface area contributed by atoms with Crippen LogP contribution < -0.4 is 14.8 Å². The fraction of sp³-hybridized carbons (Fsp3) is 0.346. The highest BCUT2D eigenvalue weighted by Gasteiger charge is 2.47. The molecule has 1 fully saturated rings. The zero-order chi connectivity index (χ0) is 25.7. The molecular weight excluding hydrogens is 475 g/mol. The molecule has 1 aliphatic carbocycles. The van der Waals surface area contributed by atoms with Gasteiger partial charge in [0.05, 0.1) is 30.5 Å². The second kappa shape index (κ2) is 10.8. The molecular formula is C26H26F3N3O4. The largest absolute Gasteiger partial charge is 0.573 e. The van der Waals surface area contributed by atoms with Gasteiger partial charge in [-0.2, -0.15) is 0 Å². The number of rotatable bonds is 10. The van der Waals surface area contributed by atoms with E-state index in [4.69, 9.17) is 14.5 Å². The van der Waals surface area contributed by atoms with Crippen molar-refractivity contribution < 1.29 is 32.2 Å². The van der Waals surface area contributed by atoms with Crippen LogP contribution >= 0.6 is 0 Å². The summed E-state index contributed by atoms with van der Waals surface area (Å²) in [5.41, 5.74) is 2.81. The smallest absolute Gasteiger partial charge is 0.492 e. The molecule has 1 aromatic carbocycles. The Morgan fingerprint density at radius 2 is 1.94 bits per heavy atom. The Balaban J connectivity index is 1.44. The molecule has 0 amide bonds. The number of nitrogens with zero attached hydrogens (tertiary/aromatic N) is 2. The second-order valence-electron chi connectivity index (χ2n) is 8.19. The highest BCUT2D eigenvalue weighted by atomic mass is 19.4. The van der Waals surface area contributed by atoms with Crippen LogP contribution in [0.25, 0.3) is 11.3 Å². The van der Waals surface area contributed by atoms with E-state index in [2.05, 4.69) is 15.0 Å². The standard InChI is InChI=1S/C26H26F3N3O4/c1-3-34-22-10-9-21(32-24(22)19-13-20(19)25(33)35-4-2)17-8-11-23(31-15-17)30-14-16-6-5-7-18(12-16)36-26(27,28)29/h5-12,15,19-20H,3-4,13-14H2,1-2H3,(H,30,31)/t19?,20-/m1/s1. The molecule has 0 radical (unpaired) electrons. The van der Waals surface area contributed by atoms with Gasteiger partial charge in [0, 0.05) is 24.2 Å². The molecule has 0 aliphatic heterocycles. The van der Waals surface area contributed by atoms with Crippen LogP contribution in [0.5, 0.6) is 11.5 Å². The van der Waals surface area contributed by atoms with Gasteiger partial charge in [-0.05, 0) is 62.2 Å². The van der Waals surface area contributed by atoms with Gasteiger partial charge in [-0.3, -0.25) is 4.79 Å². The summed E-state index contributed by atoms with van der Waals surface area (Å²) in [6.07, 6.45) is -2.41. The lowest BCUT2D eigenvalue weighted by molar-refractivity contribution is -0.274. The van der Waals surface area contributed by atoms with Crippen molar-refractivity contribution in [2.24, 2.45) is 5.92 Å². The van der Waals surface area contributed by atoms with Crippen LogP contribution in [0.3, 0.4) is 0 Å². The summed E-state index contributed by atoms with van der Waals surface area (Å²) < 4.78 is 52.2. The highest BCUT2D eigenvalue weighted by molar-refractivity contribution is 5.77. The number of anilines is 1. The van der Waals surface area contributed by atoms with Gasteiger partial charge >= 0.3 is 12.3 Å². The van der Waals surface area contributed by atoms with Gasteiger partial charge in [0.2, 0.25) is 0 Å². The molecule has 2 heterocycles. The minimum absolute atomic E-state index is 0.0449. The number of benzene rings is 1. The lowest BCUT2D eigenvalue weighted by Crippen LogP contribution is -2.17. The van der Waals surface area contributed by atoms with E-state index in [-0.39, 0.29) is 30.1 Å². The van der Waals surface area contributed by atoms with E-state index < -0.39 is 6.36 Å². The van der Waals surface area contributed by atoms with Crippen molar-refractivity contribution in [3.05, 3.63) is 66.0 Å². The maximum Gasteiger partial charge on any atom is 0.573 e. The summed E-state index contributed by atoms with van der Waals surface area (Å²) in [6, 6.07) is 13.1. The van der Waals surface area contributed by atoms with Gasteiger partial charge in [0.1, 0.15) is 17.3 Å². The predicted octanol–water partition coefficient (Wildman–Crippen LogP) is 5.72. The molecule has 0 bridgehead atoms. The minimum atomic E-state index is -4.74. The molecule has 0 saturated heterocycles. The topological polar surface area (TPSA) is 82.6 Å². The minimum Gasteiger partial charge on any atom is -0.492 e. The third-order valence-corrected chi connectivity index (χ3v) is 5.58. The van der Waals surface area contributed by atoms with Crippen LogP contribution in [-0.4, -0.2) is 35.5 Å². The fourth-order valence-electron chi connectivity index (χ4n) is 3.87. The number of hydrogen-bond acceptors (Lipinski definition) is 7. The lowest BCUT2D eigenvalue weighted by atomic mass is 10.1. The molecule has 10 heteroatoms. The normalized spacial score (nSPS) is 16.8.